The van der Waals surface area contributed by atoms with Gasteiger partial charge in [-0.15, -0.1) is 0 Å². The number of carbonyl (C=O) groups is 1. The van der Waals surface area contributed by atoms with Crippen molar-refractivity contribution in [3.63, 3.8) is 0 Å². The van der Waals surface area contributed by atoms with E-state index in [0.29, 0.717) is 12.2 Å². The van der Waals surface area contributed by atoms with Crippen LogP contribution in [0.4, 0.5) is 0 Å². The lowest BCUT2D eigenvalue weighted by molar-refractivity contribution is 0.0523. The normalized spacial score (nSPS) is 10.7. The Morgan fingerprint density at radius 2 is 1.92 bits per heavy atom. The molecule has 0 amide bonds. The van der Waals surface area contributed by atoms with Gasteiger partial charge in [-0.25, -0.2) is 9.48 Å². The van der Waals surface area contributed by atoms with Gasteiger partial charge in [0.15, 0.2) is 0 Å². The van der Waals surface area contributed by atoms with E-state index in [1.807, 2.05) is 26.0 Å². The maximum absolute atomic E-state index is 12.5. The molecule has 0 N–H and O–H groups in total. The molecule has 0 aliphatic heterocycles. The second kappa shape index (κ2) is 7.77. The Kier molecular flexibility index (Phi) is 5.73. The molecule has 0 aliphatic rings. The molecule has 6 nitrogen and oxygen atoms in total. The van der Waals surface area contributed by atoms with Crippen LogP contribution in [0.2, 0.25) is 0 Å². The summed E-state index contributed by atoms with van der Waals surface area (Å²) in [5.74, 6) is 0.313. The van der Waals surface area contributed by atoms with Crippen molar-refractivity contribution < 1.29 is 14.3 Å². The highest BCUT2D eigenvalue weighted by Gasteiger charge is 2.18. The van der Waals surface area contributed by atoms with Crippen molar-refractivity contribution in [1.29, 1.82) is 0 Å². The van der Waals surface area contributed by atoms with Crippen molar-refractivity contribution in [3.8, 4) is 17.0 Å². The van der Waals surface area contributed by atoms with Gasteiger partial charge in [-0.05, 0) is 43.2 Å². The highest BCUT2D eigenvalue weighted by atomic mass is 16.5. The Labute approximate surface area is 141 Å². The first-order chi connectivity index (χ1) is 11.5. The third kappa shape index (κ3) is 4.01. The number of benzene rings is 1. The van der Waals surface area contributed by atoms with Gasteiger partial charge in [-0.3, -0.25) is 4.79 Å². The van der Waals surface area contributed by atoms with Crippen molar-refractivity contribution >= 4 is 5.97 Å². The number of rotatable bonds is 6. The number of ether oxygens (including phenoxy) is 2. The molecule has 1 aromatic carbocycles. The fourth-order valence-electron chi connectivity index (χ4n) is 2.27. The summed E-state index contributed by atoms with van der Waals surface area (Å²) in [7, 11) is 1.59. The van der Waals surface area contributed by atoms with E-state index >= 15 is 0 Å². The zero-order valence-electron chi connectivity index (χ0n) is 14.4. The molecule has 1 aromatic heterocycles. The van der Waals surface area contributed by atoms with Crippen LogP contribution in [-0.4, -0.2) is 29.5 Å². The van der Waals surface area contributed by atoms with E-state index in [4.69, 9.17) is 9.47 Å². The minimum absolute atomic E-state index is 0.00156. The highest BCUT2D eigenvalue weighted by molar-refractivity contribution is 5.90. The van der Waals surface area contributed by atoms with Gasteiger partial charge in [0.05, 0.1) is 19.4 Å². The SMILES string of the molecule is CCOC(=O)c1cc(-c2ccc(OC)cc2)nn(CC(C)C)c1=O. The molecule has 24 heavy (non-hydrogen) atoms. The van der Waals surface area contributed by atoms with Gasteiger partial charge in [0.25, 0.3) is 5.56 Å². The van der Waals surface area contributed by atoms with Crippen molar-refractivity contribution in [2.24, 2.45) is 5.92 Å². The molecule has 0 aliphatic carbocycles. The molecule has 0 saturated carbocycles. The number of aromatic nitrogens is 2. The lowest BCUT2D eigenvalue weighted by atomic mass is 10.1. The van der Waals surface area contributed by atoms with Crippen LogP contribution >= 0.6 is 0 Å². The Morgan fingerprint density at radius 3 is 2.46 bits per heavy atom. The summed E-state index contributed by atoms with van der Waals surface area (Å²) in [5, 5.41) is 4.40. The number of carbonyl (C=O) groups excluding carboxylic acids is 1. The van der Waals surface area contributed by atoms with E-state index in [9.17, 15) is 9.59 Å². The van der Waals surface area contributed by atoms with Crippen LogP contribution in [-0.2, 0) is 11.3 Å². The number of hydrogen-bond donors (Lipinski definition) is 0. The lowest BCUT2D eigenvalue weighted by Crippen LogP contribution is -2.31. The highest BCUT2D eigenvalue weighted by Crippen LogP contribution is 2.20. The summed E-state index contributed by atoms with van der Waals surface area (Å²) in [6.07, 6.45) is 0. The average molecular weight is 330 g/mol. The predicted molar refractivity (Wildman–Crippen MR) is 91.3 cm³/mol. The van der Waals surface area contributed by atoms with Crippen LogP contribution < -0.4 is 10.3 Å². The van der Waals surface area contributed by atoms with Crippen molar-refractivity contribution in [3.05, 3.63) is 46.2 Å². The first kappa shape index (κ1) is 17.7. The number of methoxy groups -OCH3 is 1. The molecule has 1 heterocycles. The van der Waals surface area contributed by atoms with Gasteiger partial charge in [0.1, 0.15) is 11.3 Å². The first-order valence-corrected chi connectivity index (χ1v) is 7.90. The zero-order chi connectivity index (χ0) is 17.7. The van der Waals surface area contributed by atoms with Crippen LogP contribution in [0.1, 0.15) is 31.1 Å². The van der Waals surface area contributed by atoms with Crippen LogP contribution in [0.25, 0.3) is 11.3 Å². The molecule has 0 fully saturated rings. The molecule has 6 heteroatoms. The van der Waals surface area contributed by atoms with Crippen LogP contribution in [0.3, 0.4) is 0 Å². The largest absolute Gasteiger partial charge is 0.497 e. The third-order valence-corrected chi connectivity index (χ3v) is 3.39. The van der Waals surface area contributed by atoms with E-state index in [1.54, 1.807) is 26.2 Å². The fourth-order valence-corrected chi connectivity index (χ4v) is 2.27. The number of esters is 1. The monoisotopic (exact) mass is 330 g/mol. The van der Waals surface area contributed by atoms with E-state index in [-0.39, 0.29) is 18.1 Å². The van der Waals surface area contributed by atoms with Gasteiger partial charge in [-0.1, -0.05) is 13.8 Å². The summed E-state index contributed by atoms with van der Waals surface area (Å²) in [4.78, 5) is 24.6. The predicted octanol–water partition coefficient (Wildman–Crippen LogP) is 2.75. The molecule has 2 aromatic rings. The first-order valence-electron chi connectivity index (χ1n) is 7.90. The minimum atomic E-state index is -0.628. The van der Waals surface area contributed by atoms with E-state index < -0.39 is 11.5 Å². The molecule has 128 valence electrons. The summed E-state index contributed by atoms with van der Waals surface area (Å²) < 4.78 is 11.5. The molecule has 0 saturated heterocycles. The average Bonchev–Trinajstić information content (AvgIpc) is 2.56. The molecule has 0 bridgehead atoms. The lowest BCUT2D eigenvalue weighted by Gasteiger charge is -2.12. The Balaban J connectivity index is 2.55. The number of hydrogen-bond acceptors (Lipinski definition) is 5. The van der Waals surface area contributed by atoms with E-state index in [0.717, 1.165) is 11.3 Å². The smallest absolute Gasteiger partial charge is 0.343 e. The maximum atomic E-state index is 12.5. The summed E-state index contributed by atoms with van der Waals surface area (Å²) in [6.45, 7) is 6.31. The summed E-state index contributed by atoms with van der Waals surface area (Å²) in [5.41, 5.74) is 0.901. The van der Waals surface area contributed by atoms with Crippen LogP contribution in [0.15, 0.2) is 35.1 Å². The van der Waals surface area contributed by atoms with Gasteiger partial charge in [0, 0.05) is 12.1 Å². The topological polar surface area (TPSA) is 70.4 Å². The van der Waals surface area contributed by atoms with Crippen molar-refractivity contribution in [2.75, 3.05) is 13.7 Å². The summed E-state index contributed by atoms with van der Waals surface area (Å²) in [6, 6.07) is 8.76. The Bertz CT molecular complexity index is 764. The molecular formula is C18H22N2O4. The standard InChI is InChI=1S/C18H22N2O4/c1-5-24-18(22)15-10-16(13-6-8-14(23-4)9-7-13)19-20(17(15)21)11-12(2)3/h6-10,12H,5,11H2,1-4H3. The third-order valence-electron chi connectivity index (χ3n) is 3.39. The molecule has 0 radical (unpaired) electrons. The van der Waals surface area contributed by atoms with Gasteiger partial charge in [0.2, 0.25) is 0 Å². The van der Waals surface area contributed by atoms with E-state index in [1.165, 1.54) is 10.7 Å². The second-order valence-electron chi connectivity index (χ2n) is 5.77. The minimum Gasteiger partial charge on any atom is -0.497 e. The van der Waals surface area contributed by atoms with Gasteiger partial charge in [-0.2, -0.15) is 5.10 Å². The fraction of sp³-hybridized carbons (Fsp3) is 0.389. The Morgan fingerprint density at radius 1 is 1.25 bits per heavy atom. The van der Waals surface area contributed by atoms with Gasteiger partial charge < -0.3 is 9.47 Å². The molecule has 0 spiro atoms. The van der Waals surface area contributed by atoms with Crippen LogP contribution in [0, 0.1) is 5.92 Å². The van der Waals surface area contributed by atoms with Crippen molar-refractivity contribution in [1.82, 2.24) is 9.78 Å². The van der Waals surface area contributed by atoms with E-state index in [2.05, 4.69) is 5.10 Å². The number of nitrogens with zero attached hydrogens (tertiary/aromatic N) is 2. The molecular weight excluding hydrogens is 308 g/mol. The Hall–Kier alpha value is -2.63. The molecule has 0 atom stereocenters. The van der Waals surface area contributed by atoms with Crippen molar-refractivity contribution in [2.45, 2.75) is 27.3 Å². The zero-order valence-corrected chi connectivity index (χ0v) is 14.4. The van der Waals surface area contributed by atoms with Crippen LogP contribution in [0.5, 0.6) is 5.75 Å². The van der Waals surface area contributed by atoms with Gasteiger partial charge >= 0.3 is 5.97 Å². The maximum Gasteiger partial charge on any atom is 0.343 e. The second-order valence-corrected chi connectivity index (χ2v) is 5.77. The molecule has 2 rings (SSSR count). The molecule has 0 unspecified atom stereocenters. The summed E-state index contributed by atoms with van der Waals surface area (Å²) >= 11 is 0. The quantitative estimate of drug-likeness (QED) is 0.762.